The molecule has 0 saturated heterocycles. The molecule has 1 heterocycles. The molecular formula is C9H12N4O4. The molecule has 0 radical (unpaired) electrons. The van der Waals surface area contributed by atoms with Crippen LogP contribution < -0.4 is 5.73 Å². The van der Waals surface area contributed by atoms with E-state index < -0.39 is 18.0 Å². The predicted octanol–water partition coefficient (Wildman–Crippen LogP) is -1.08. The molecule has 1 unspecified atom stereocenters. The lowest BCUT2D eigenvalue weighted by molar-refractivity contribution is -0.145. The van der Waals surface area contributed by atoms with Crippen LogP contribution in [-0.2, 0) is 14.3 Å². The minimum Gasteiger partial charge on any atom is -0.465 e. The van der Waals surface area contributed by atoms with E-state index in [1.807, 2.05) is 0 Å². The molecule has 0 bridgehead atoms. The van der Waals surface area contributed by atoms with Gasteiger partial charge in [-0.2, -0.15) is 0 Å². The van der Waals surface area contributed by atoms with Gasteiger partial charge in [-0.3, -0.25) is 4.79 Å². The van der Waals surface area contributed by atoms with Gasteiger partial charge in [0.1, 0.15) is 12.6 Å². The van der Waals surface area contributed by atoms with Crippen LogP contribution in [0.3, 0.4) is 0 Å². The van der Waals surface area contributed by atoms with Gasteiger partial charge in [0.05, 0.1) is 12.8 Å². The van der Waals surface area contributed by atoms with Gasteiger partial charge in [0.2, 0.25) is 0 Å². The fourth-order valence-corrected chi connectivity index (χ4v) is 0.907. The second kappa shape index (κ2) is 6.48. The van der Waals surface area contributed by atoms with Crippen LogP contribution in [0.15, 0.2) is 12.3 Å². The summed E-state index contributed by atoms with van der Waals surface area (Å²) in [6, 6.07) is 0.333. The Labute approximate surface area is 97.1 Å². The number of carbonyl (C=O) groups excluding carboxylic acids is 2. The van der Waals surface area contributed by atoms with Gasteiger partial charge in [-0.1, -0.05) is 0 Å². The van der Waals surface area contributed by atoms with Gasteiger partial charge in [0, 0.05) is 0 Å². The molecule has 17 heavy (non-hydrogen) atoms. The maximum Gasteiger partial charge on any atom is 0.359 e. The van der Waals surface area contributed by atoms with Gasteiger partial charge in [-0.25, -0.2) is 4.79 Å². The molecule has 8 nitrogen and oxygen atoms in total. The summed E-state index contributed by atoms with van der Waals surface area (Å²) >= 11 is 0. The number of ether oxygens (including phenoxy) is 2. The molecule has 0 saturated carbocycles. The Morgan fingerprint density at radius 3 is 2.82 bits per heavy atom. The molecule has 8 heteroatoms. The van der Waals surface area contributed by atoms with Crippen molar-refractivity contribution in [1.29, 1.82) is 0 Å². The Morgan fingerprint density at radius 1 is 1.47 bits per heavy atom. The topological polar surface area (TPSA) is 117 Å². The molecule has 0 aliphatic rings. The van der Waals surface area contributed by atoms with Crippen LogP contribution in [0.2, 0.25) is 0 Å². The van der Waals surface area contributed by atoms with Crippen molar-refractivity contribution in [3.05, 3.63) is 18.0 Å². The second-order valence-corrected chi connectivity index (χ2v) is 2.96. The lowest BCUT2D eigenvalue weighted by Crippen LogP contribution is -2.37. The summed E-state index contributed by atoms with van der Waals surface area (Å²) in [5.41, 5.74) is 5.43. The molecule has 1 atom stereocenters. The molecule has 0 amide bonds. The standard InChI is InChI=1S/C9H12N4O4/c1-2-16-8(14)6(10)5-17-9(15)7-3-4-11-13-12-7/h3-4,6H,2,5,10H2,1H3. The number of carbonyl (C=O) groups is 2. The molecule has 0 aliphatic carbocycles. The quantitative estimate of drug-likeness (QED) is 0.645. The first-order valence-corrected chi connectivity index (χ1v) is 4.89. The summed E-state index contributed by atoms with van der Waals surface area (Å²) in [6.07, 6.45) is 1.30. The van der Waals surface area contributed by atoms with Crippen molar-refractivity contribution in [3.8, 4) is 0 Å². The normalized spacial score (nSPS) is 11.6. The summed E-state index contributed by atoms with van der Waals surface area (Å²) in [6.45, 7) is 1.60. The van der Waals surface area contributed by atoms with Crippen LogP contribution in [0, 0.1) is 0 Å². The minimum absolute atomic E-state index is 0.00365. The van der Waals surface area contributed by atoms with Crippen molar-refractivity contribution in [2.24, 2.45) is 5.73 Å². The zero-order valence-electron chi connectivity index (χ0n) is 9.20. The van der Waals surface area contributed by atoms with E-state index in [9.17, 15) is 9.59 Å². The van der Waals surface area contributed by atoms with E-state index in [1.165, 1.54) is 12.3 Å². The van der Waals surface area contributed by atoms with Gasteiger partial charge >= 0.3 is 11.9 Å². The van der Waals surface area contributed by atoms with E-state index in [0.717, 1.165) is 0 Å². The third kappa shape index (κ3) is 4.11. The zero-order chi connectivity index (χ0) is 12.7. The molecule has 92 valence electrons. The molecule has 1 rings (SSSR count). The van der Waals surface area contributed by atoms with Crippen molar-refractivity contribution >= 4 is 11.9 Å². The van der Waals surface area contributed by atoms with Gasteiger partial charge < -0.3 is 15.2 Å². The summed E-state index contributed by atoms with van der Waals surface area (Å²) in [4.78, 5) is 22.5. The fourth-order valence-electron chi connectivity index (χ4n) is 0.907. The van der Waals surface area contributed by atoms with E-state index in [1.54, 1.807) is 6.92 Å². The number of rotatable bonds is 5. The predicted molar refractivity (Wildman–Crippen MR) is 54.7 cm³/mol. The van der Waals surface area contributed by atoms with Crippen LogP contribution in [0.5, 0.6) is 0 Å². The van der Waals surface area contributed by atoms with E-state index in [0.29, 0.717) is 0 Å². The third-order valence-corrected chi connectivity index (χ3v) is 1.70. The van der Waals surface area contributed by atoms with Gasteiger partial charge in [-0.05, 0) is 18.2 Å². The van der Waals surface area contributed by atoms with Crippen LogP contribution in [-0.4, -0.2) is 46.6 Å². The molecule has 1 aromatic rings. The average molecular weight is 240 g/mol. The smallest absolute Gasteiger partial charge is 0.359 e. The van der Waals surface area contributed by atoms with Crippen LogP contribution >= 0.6 is 0 Å². The molecule has 0 aromatic carbocycles. The van der Waals surface area contributed by atoms with Crippen LogP contribution in [0.25, 0.3) is 0 Å². The Balaban J connectivity index is 2.41. The van der Waals surface area contributed by atoms with E-state index in [2.05, 4.69) is 20.1 Å². The first kappa shape index (κ1) is 13.0. The molecule has 0 aliphatic heterocycles. The summed E-state index contributed by atoms with van der Waals surface area (Å²) in [5, 5.41) is 10.1. The Hall–Kier alpha value is -2.09. The Bertz CT molecular complexity index is 384. The van der Waals surface area contributed by atoms with Gasteiger partial charge in [-0.15, -0.1) is 10.2 Å². The highest BCUT2D eigenvalue weighted by Crippen LogP contribution is 1.95. The maximum absolute atomic E-state index is 11.4. The van der Waals surface area contributed by atoms with E-state index in [-0.39, 0.29) is 18.9 Å². The third-order valence-electron chi connectivity index (χ3n) is 1.70. The number of hydrogen-bond donors (Lipinski definition) is 1. The largest absolute Gasteiger partial charge is 0.465 e. The second-order valence-electron chi connectivity index (χ2n) is 2.96. The first-order chi connectivity index (χ1) is 8.15. The fraction of sp³-hybridized carbons (Fsp3) is 0.444. The Kier molecular flexibility index (Phi) is 4.95. The molecule has 2 N–H and O–H groups in total. The molecule has 0 fully saturated rings. The van der Waals surface area contributed by atoms with Crippen LogP contribution in [0.1, 0.15) is 17.4 Å². The number of nitrogens with two attached hydrogens (primary N) is 1. The van der Waals surface area contributed by atoms with Crippen LogP contribution in [0.4, 0.5) is 0 Å². The molecule has 1 aromatic heterocycles. The monoisotopic (exact) mass is 240 g/mol. The summed E-state index contributed by atoms with van der Waals surface area (Å²) in [5.74, 6) is -1.35. The lowest BCUT2D eigenvalue weighted by atomic mass is 10.3. The first-order valence-electron chi connectivity index (χ1n) is 4.89. The zero-order valence-corrected chi connectivity index (χ0v) is 9.20. The van der Waals surface area contributed by atoms with E-state index >= 15 is 0 Å². The van der Waals surface area contributed by atoms with Gasteiger partial charge in [0.15, 0.2) is 5.69 Å². The number of aromatic nitrogens is 3. The average Bonchev–Trinajstić information content (AvgIpc) is 2.36. The number of nitrogens with zero attached hydrogens (tertiary/aromatic N) is 3. The van der Waals surface area contributed by atoms with Crippen molar-refractivity contribution in [2.45, 2.75) is 13.0 Å². The summed E-state index contributed by atoms with van der Waals surface area (Å²) < 4.78 is 9.41. The van der Waals surface area contributed by atoms with Crippen molar-refractivity contribution < 1.29 is 19.1 Å². The highest BCUT2D eigenvalue weighted by Gasteiger charge is 2.18. The highest BCUT2D eigenvalue weighted by atomic mass is 16.6. The van der Waals surface area contributed by atoms with Crippen molar-refractivity contribution in [1.82, 2.24) is 15.4 Å². The SMILES string of the molecule is CCOC(=O)C(N)COC(=O)c1ccnnn1. The molecule has 0 spiro atoms. The lowest BCUT2D eigenvalue weighted by Gasteiger charge is -2.10. The number of esters is 2. The number of hydrogen-bond acceptors (Lipinski definition) is 8. The van der Waals surface area contributed by atoms with E-state index in [4.69, 9.17) is 10.5 Å². The maximum atomic E-state index is 11.4. The van der Waals surface area contributed by atoms with Crippen molar-refractivity contribution in [2.75, 3.05) is 13.2 Å². The minimum atomic E-state index is -1.01. The summed E-state index contributed by atoms with van der Waals surface area (Å²) in [7, 11) is 0. The molecular weight excluding hydrogens is 228 g/mol. The highest BCUT2D eigenvalue weighted by molar-refractivity contribution is 5.87. The Morgan fingerprint density at radius 2 is 2.24 bits per heavy atom. The van der Waals surface area contributed by atoms with Gasteiger partial charge in [0.25, 0.3) is 0 Å². The van der Waals surface area contributed by atoms with Crippen molar-refractivity contribution in [3.63, 3.8) is 0 Å².